The number of carboxylic acid groups (broad SMARTS) is 1. The van der Waals surface area contributed by atoms with Crippen molar-refractivity contribution >= 4 is 11.8 Å². The van der Waals surface area contributed by atoms with Gasteiger partial charge in [0.1, 0.15) is 11.8 Å². The minimum Gasteiger partial charge on any atom is -0.480 e. The minimum absolute atomic E-state index is 0.00449. The van der Waals surface area contributed by atoms with Gasteiger partial charge in [0.15, 0.2) is 0 Å². The molecule has 1 radical (unpaired) electrons. The molecule has 0 aromatic heterocycles. The van der Waals surface area contributed by atoms with Crippen LogP contribution in [0.2, 0.25) is 0 Å². The first-order valence-corrected chi connectivity index (χ1v) is 4.92. The molecule has 0 bridgehead atoms. The third-order valence-electron chi connectivity index (χ3n) is 1.95. The molecule has 0 saturated heterocycles. The summed E-state index contributed by atoms with van der Waals surface area (Å²) in [5.74, 6) is -1.05. The van der Waals surface area contributed by atoms with Gasteiger partial charge in [0.2, 0.25) is 0 Å². The van der Waals surface area contributed by atoms with E-state index in [0.717, 1.165) is 19.3 Å². The van der Waals surface area contributed by atoms with Crippen LogP contribution in [0.1, 0.15) is 39.0 Å². The Balaban J connectivity index is 3.48. The summed E-state index contributed by atoms with van der Waals surface area (Å²) < 4.78 is 0. The largest absolute Gasteiger partial charge is 0.480 e. The van der Waals surface area contributed by atoms with Gasteiger partial charge in [0.25, 0.3) is 0 Å². The van der Waals surface area contributed by atoms with E-state index in [1.54, 1.807) is 6.42 Å². The molecule has 0 fully saturated rings. The molecule has 0 spiro atoms. The molecule has 0 rings (SSSR count). The fourth-order valence-corrected chi connectivity index (χ4v) is 0.990. The Labute approximate surface area is 84.5 Å². The monoisotopic (exact) mass is 200 g/mol. The predicted octanol–water partition coefficient (Wildman–Crippen LogP) is 1.14. The molecule has 4 heteroatoms. The highest BCUT2D eigenvalue weighted by atomic mass is 16.4. The van der Waals surface area contributed by atoms with Gasteiger partial charge < -0.3 is 10.8 Å². The Kier molecular flexibility index (Phi) is 7.02. The van der Waals surface area contributed by atoms with Crippen LogP contribution in [-0.2, 0) is 9.59 Å². The van der Waals surface area contributed by atoms with E-state index in [1.807, 2.05) is 0 Å². The zero-order chi connectivity index (χ0) is 11.0. The fourth-order valence-electron chi connectivity index (χ4n) is 0.990. The number of rotatable bonds is 8. The molecule has 3 N–H and O–H groups in total. The van der Waals surface area contributed by atoms with Gasteiger partial charge in [-0.1, -0.05) is 19.8 Å². The molecule has 81 valence electrons. The lowest BCUT2D eigenvalue weighted by molar-refractivity contribution is -0.138. The van der Waals surface area contributed by atoms with E-state index in [4.69, 9.17) is 10.8 Å². The molecule has 0 amide bonds. The number of carbonyl (C=O) groups is 2. The molecule has 0 aromatic rings. The van der Waals surface area contributed by atoms with Gasteiger partial charge in [-0.3, -0.25) is 9.59 Å². The third kappa shape index (κ3) is 6.60. The van der Waals surface area contributed by atoms with Gasteiger partial charge in [0, 0.05) is 12.8 Å². The van der Waals surface area contributed by atoms with Crippen LogP contribution in [0, 0.1) is 6.42 Å². The van der Waals surface area contributed by atoms with Gasteiger partial charge in [-0.25, -0.2) is 0 Å². The number of nitrogens with two attached hydrogens (primary N) is 1. The van der Waals surface area contributed by atoms with Crippen molar-refractivity contribution < 1.29 is 14.7 Å². The summed E-state index contributed by atoms with van der Waals surface area (Å²) in [6.45, 7) is 2.05. The summed E-state index contributed by atoms with van der Waals surface area (Å²) in [6.07, 6.45) is 4.90. The van der Waals surface area contributed by atoms with Crippen LogP contribution in [0.3, 0.4) is 0 Å². The lowest BCUT2D eigenvalue weighted by atomic mass is 10.1. The van der Waals surface area contributed by atoms with Crippen LogP contribution >= 0.6 is 0 Å². The predicted molar refractivity (Wildman–Crippen MR) is 53.7 cm³/mol. The smallest absolute Gasteiger partial charge is 0.320 e. The highest BCUT2D eigenvalue weighted by molar-refractivity contribution is 5.87. The SMILES string of the molecule is CCCC[CH]C(=O)CCC(N)C(=O)O. The summed E-state index contributed by atoms with van der Waals surface area (Å²) in [6, 6.07) is -0.918. The van der Waals surface area contributed by atoms with E-state index < -0.39 is 12.0 Å². The zero-order valence-electron chi connectivity index (χ0n) is 8.53. The Morgan fingerprint density at radius 3 is 2.64 bits per heavy atom. The lowest BCUT2D eigenvalue weighted by Crippen LogP contribution is -2.30. The average Bonchev–Trinajstić information content (AvgIpc) is 2.14. The van der Waals surface area contributed by atoms with Crippen molar-refractivity contribution in [1.29, 1.82) is 0 Å². The molecule has 0 aliphatic heterocycles. The Hall–Kier alpha value is -0.900. The van der Waals surface area contributed by atoms with Crippen LogP contribution in [0.25, 0.3) is 0 Å². The molecule has 0 heterocycles. The quantitative estimate of drug-likeness (QED) is 0.576. The molecule has 0 aromatic carbocycles. The Morgan fingerprint density at radius 1 is 1.50 bits per heavy atom. The summed E-state index contributed by atoms with van der Waals surface area (Å²) in [5.41, 5.74) is 5.25. The van der Waals surface area contributed by atoms with Crippen LogP contribution in [0.15, 0.2) is 0 Å². The Bertz CT molecular complexity index is 192. The first-order valence-electron chi connectivity index (χ1n) is 4.92. The highest BCUT2D eigenvalue weighted by Gasteiger charge is 2.13. The number of hydrogen-bond donors (Lipinski definition) is 2. The number of carboxylic acids is 1. The number of Topliss-reactive ketones (excluding diaryl/α,β-unsaturated/α-hetero) is 1. The van der Waals surface area contributed by atoms with Gasteiger partial charge in [0.05, 0.1) is 0 Å². The molecule has 0 aliphatic carbocycles. The van der Waals surface area contributed by atoms with E-state index >= 15 is 0 Å². The maximum absolute atomic E-state index is 11.1. The number of hydrogen-bond acceptors (Lipinski definition) is 3. The van der Waals surface area contributed by atoms with Gasteiger partial charge in [-0.2, -0.15) is 0 Å². The number of unbranched alkanes of at least 4 members (excludes halogenated alkanes) is 2. The van der Waals surface area contributed by atoms with Crippen molar-refractivity contribution in [3.8, 4) is 0 Å². The van der Waals surface area contributed by atoms with Crippen LogP contribution in [-0.4, -0.2) is 22.9 Å². The minimum atomic E-state index is -1.05. The molecule has 4 nitrogen and oxygen atoms in total. The first kappa shape index (κ1) is 13.1. The van der Waals surface area contributed by atoms with Crippen molar-refractivity contribution in [2.24, 2.45) is 5.73 Å². The topological polar surface area (TPSA) is 80.4 Å². The summed E-state index contributed by atoms with van der Waals surface area (Å²) in [5, 5.41) is 8.46. The average molecular weight is 200 g/mol. The second-order valence-corrected chi connectivity index (χ2v) is 3.30. The van der Waals surface area contributed by atoms with Crippen molar-refractivity contribution in [3.05, 3.63) is 6.42 Å². The normalized spacial score (nSPS) is 12.4. The molecule has 14 heavy (non-hydrogen) atoms. The second kappa shape index (κ2) is 7.50. The van der Waals surface area contributed by atoms with E-state index in [9.17, 15) is 9.59 Å². The van der Waals surface area contributed by atoms with Crippen LogP contribution < -0.4 is 5.73 Å². The van der Waals surface area contributed by atoms with E-state index in [1.165, 1.54) is 0 Å². The second-order valence-electron chi connectivity index (χ2n) is 3.30. The number of ketones is 1. The molecular weight excluding hydrogens is 182 g/mol. The molecule has 1 unspecified atom stereocenters. The fraction of sp³-hybridized carbons (Fsp3) is 0.700. The third-order valence-corrected chi connectivity index (χ3v) is 1.95. The van der Waals surface area contributed by atoms with Crippen molar-refractivity contribution in [2.75, 3.05) is 0 Å². The van der Waals surface area contributed by atoms with Crippen LogP contribution in [0.4, 0.5) is 0 Å². The van der Waals surface area contributed by atoms with Crippen LogP contribution in [0.5, 0.6) is 0 Å². The van der Waals surface area contributed by atoms with Gasteiger partial charge in [-0.05, 0) is 12.8 Å². The molecular formula is C10H18NO3. The van der Waals surface area contributed by atoms with E-state index in [-0.39, 0.29) is 18.6 Å². The first-order chi connectivity index (χ1) is 6.57. The van der Waals surface area contributed by atoms with Crippen molar-refractivity contribution in [3.63, 3.8) is 0 Å². The van der Waals surface area contributed by atoms with Crippen molar-refractivity contribution in [1.82, 2.24) is 0 Å². The van der Waals surface area contributed by atoms with E-state index in [2.05, 4.69) is 6.92 Å². The summed E-state index contributed by atoms with van der Waals surface area (Å²) >= 11 is 0. The summed E-state index contributed by atoms with van der Waals surface area (Å²) in [4.78, 5) is 21.5. The van der Waals surface area contributed by atoms with Gasteiger partial charge in [-0.15, -0.1) is 0 Å². The molecule has 0 saturated carbocycles. The molecule has 1 atom stereocenters. The van der Waals surface area contributed by atoms with E-state index in [0.29, 0.717) is 0 Å². The highest BCUT2D eigenvalue weighted by Crippen LogP contribution is 2.03. The number of aliphatic carboxylic acids is 1. The maximum atomic E-state index is 11.1. The lowest BCUT2D eigenvalue weighted by Gasteiger charge is -2.04. The summed E-state index contributed by atoms with van der Waals surface area (Å²) in [7, 11) is 0. The zero-order valence-corrected chi connectivity index (χ0v) is 8.53. The standard InChI is InChI=1S/C10H18NO3/c1-2-3-4-5-8(12)6-7-9(11)10(13)14/h5,9H,2-4,6-7,11H2,1H3,(H,13,14). The maximum Gasteiger partial charge on any atom is 0.320 e. The molecule has 0 aliphatic rings. The van der Waals surface area contributed by atoms with Crippen molar-refractivity contribution in [2.45, 2.75) is 45.1 Å². The Morgan fingerprint density at radius 2 is 2.14 bits per heavy atom. The van der Waals surface area contributed by atoms with Gasteiger partial charge >= 0.3 is 5.97 Å². The number of carbonyl (C=O) groups excluding carboxylic acids is 1.